The minimum absolute atomic E-state index is 0.183. The van der Waals surface area contributed by atoms with E-state index in [1.54, 1.807) is 18.3 Å². The number of rotatable bonds is 4. The van der Waals surface area contributed by atoms with Crippen LogP contribution < -0.4 is 4.57 Å². The van der Waals surface area contributed by atoms with Crippen molar-refractivity contribution in [2.24, 2.45) is 0 Å². The number of aromatic nitrogens is 2. The maximum Gasteiger partial charge on any atom is 0.191 e. The SMILES string of the molecule is Fc1ccccc1Cc1c[n+](Cc2ccccc2)ccn1. The molecule has 0 amide bonds. The lowest BCUT2D eigenvalue weighted by atomic mass is 10.1. The summed E-state index contributed by atoms with van der Waals surface area (Å²) in [6.07, 6.45) is 6.17. The van der Waals surface area contributed by atoms with Crippen LogP contribution in [0.15, 0.2) is 73.2 Å². The second kappa shape index (κ2) is 6.27. The third kappa shape index (κ3) is 3.51. The van der Waals surface area contributed by atoms with Crippen LogP contribution in [0.1, 0.15) is 16.8 Å². The Kier molecular flexibility index (Phi) is 4.01. The van der Waals surface area contributed by atoms with Gasteiger partial charge in [-0.2, -0.15) is 4.57 Å². The highest BCUT2D eigenvalue weighted by Crippen LogP contribution is 2.10. The standard InChI is InChI=1S/C18H16FN2/c19-18-9-5-4-8-16(18)12-17-14-21(11-10-20-17)13-15-6-2-1-3-7-15/h1-11,14H,12-13H2/q+1. The summed E-state index contributed by atoms with van der Waals surface area (Å²) in [6, 6.07) is 17.1. The Bertz CT molecular complexity index is 726. The van der Waals surface area contributed by atoms with Gasteiger partial charge in [0.25, 0.3) is 0 Å². The summed E-state index contributed by atoms with van der Waals surface area (Å²) in [5.41, 5.74) is 2.76. The van der Waals surface area contributed by atoms with Gasteiger partial charge in [-0.3, -0.25) is 0 Å². The van der Waals surface area contributed by atoms with Gasteiger partial charge in [0.15, 0.2) is 18.9 Å². The van der Waals surface area contributed by atoms with Crippen molar-refractivity contribution in [2.75, 3.05) is 0 Å². The van der Waals surface area contributed by atoms with E-state index in [4.69, 9.17) is 0 Å². The minimum Gasteiger partial charge on any atom is -0.248 e. The van der Waals surface area contributed by atoms with Crippen LogP contribution in [0.5, 0.6) is 0 Å². The largest absolute Gasteiger partial charge is 0.248 e. The van der Waals surface area contributed by atoms with Gasteiger partial charge in [-0.25, -0.2) is 9.37 Å². The first kappa shape index (κ1) is 13.4. The maximum absolute atomic E-state index is 13.7. The molecule has 1 heterocycles. The zero-order chi connectivity index (χ0) is 14.5. The Labute approximate surface area is 123 Å². The van der Waals surface area contributed by atoms with Gasteiger partial charge in [-0.15, -0.1) is 0 Å². The van der Waals surface area contributed by atoms with Crippen LogP contribution >= 0.6 is 0 Å². The molecule has 0 unspecified atom stereocenters. The van der Waals surface area contributed by atoms with Gasteiger partial charge in [-0.05, 0) is 11.6 Å². The average molecular weight is 279 g/mol. The lowest BCUT2D eigenvalue weighted by Crippen LogP contribution is -2.34. The summed E-state index contributed by atoms with van der Waals surface area (Å²) in [5, 5.41) is 0. The zero-order valence-corrected chi connectivity index (χ0v) is 11.6. The van der Waals surface area contributed by atoms with Crippen molar-refractivity contribution in [1.29, 1.82) is 0 Å². The summed E-state index contributed by atoms with van der Waals surface area (Å²) in [4.78, 5) is 4.33. The van der Waals surface area contributed by atoms with E-state index in [1.165, 1.54) is 11.6 Å². The monoisotopic (exact) mass is 279 g/mol. The number of nitrogens with zero attached hydrogens (tertiary/aromatic N) is 2. The number of benzene rings is 2. The molecular weight excluding hydrogens is 263 g/mol. The highest BCUT2D eigenvalue weighted by atomic mass is 19.1. The fourth-order valence-corrected chi connectivity index (χ4v) is 2.30. The molecule has 3 aromatic rings. The van der Waals surface area contributed by atoms with Crippen LogP contribution in [-0.2, 0) is 13.0 Å². The van der Waals surface area contributed by atoms with E-state index in [9.17, 15) is 4.39 Å². The Hall–Kier alpha value is -2.55. The molecule has 21 heavy (non-hydrogen) atoms. The minimum atomic E-state index is -0.183. The van der Waals surface area contributed by atoms with Crippen LogP contribution in [0, 0.1) is 5.82 Å². The molecule has 0 spiro atoms. The van der Waals surface area contributed by atoms with Crippen LogP contribution in [-0.4, -0.2) is 4.98 Å². The predicted octanol–water partition coefficient (Wildman–Crippen LogP) is 3.15. The first-order valence-corrected chi connectivity index (χ1v) is 6.92. The molecule has 0 fully saturated rings. The average Bonchev–Trinajstić information content (AvgIpc) is 2.51. The van der Waals surface area contributed by atoms with E-state index in [2.05, 4.69) is 21.7 Å². The number of halogens is 1. The van der Waals surface area contributed by atoms with Crippen molar-refractivity contribution in [2.45, 2.75) is 13.0 Å². The number of hydrogen-bond acceptors (Lipinski definition) is 1. The normalized spacial score (nSPS) is 10.5. The Morgan fingerprint density at radius 3 is 2.52 bits per heavy atom. The first-order chi connectivity index (χ1) is 10.3. The summed E-state index contributed by atoms with van der Waals surface area (Å²) in [5.74, 6) is -0.183. The summed E-state index contributed by atoms with van der Waals surface area (Å²) >= 11 is 0. The lowest BCUT2D eigenvalue weighted by molar-refractivity contribution is -0.689. The van der Waals surface area contributed by atoms with Gasteiger partial charge >= 0.3 is 0 Å². The molecule has 2 aromatic carbocycles. The zero-order valence-electron chi connectivity index (χ0n) is 11.6. The van der Waals surface area contributed by atoms with Crippen LogP contribution in [0.25, 0.3) is 0 Å². The molecule has 0 saturated heterocycles. The second-order valence-electron chi connectivity index (χ2n) is 4.97. The molecule has 0 atom stereocenters. The third-order valence-electron chi connectivity index (χ3n) is 3.35. The van der Waals surface area contributed by atoms with Gasteiger partial charge in [-0.1, -0.05) is 48.5 Å². The van der Waals surface area contributed by atoms with E-state index in [1.807, 2.05) is 36.7 Å². The molecule has 2 nitrogen and oxygen atoms in total. The molecule has 0 aliphatic heterocycles. The Morgan fingerprint density at radius 2 is 1.71 bits per heavy atom. The maximum atomic E-state index is 13.7. The lowest BCUT2D eigenvalue weighted by Gasteiger charge is -2.02. The van der Waals surface area contributed by atoms with Crippen molar-refractivity contribution < 1.29 is 8.96 Å². The topological polar surface area (TPSA) is 16.8 Å². The fraction of sp³-hybridized carbons (Fsp3) is 0.111. The summed E-state index contributed by atoms with van der Waals surface area (Å²) < 4.78 is 15.8. The van der Waals surface area contributed by atoms with Crippen LogP contribution in [0.4, 0.5) is 4.39 Å². The predicted molar refractivity (Wildman–Crippen MR) is 79.2 cm³/mol. The van der Waals surface area contributed by atoms with Crippen molar-refractivity contribution >= 4 is 0 Å². The van der Waals surface area contributed by atoms with Crippen LogP contribution in [0.3, 0.4) is 0 Å². The number of hydrogen-bond donors (Lipinski definition) is 0. The molecule has 0 radical (unpaired) electrons. The molecule has 1 aromatic heterocycles. The summed E-state index contributed by atoms with van der Waals surface area (Å²) in [7, 11) is 0. The van der Waals surface area contributed by atoms with Gasteiger partial charge in [0.2, 0.25) is 0 Å². The fourth-order valence-electron chi connectivity index (χ4n) is 2.30. The molecule has 104 valence electrons. The molecule has 0 aliphatic carbocycles. The highest BCUT2D eigenvalue weighted by Gasteiger charge is 2.08. The second-order valence-corrected chi connectivity index (χ2v) is 4.97. The van der Waals surface area contributed by atoms with Gasteiger partial charge in [0.1, 0.15) is 11.5 Å². The van der Waals surface area contributed by atoms with E-state index < -0.39 is 0 Å². The summed E-state index contributed by atoms with van der Waals surface area (Å²) in [6.45, 7) is 0.785. The van der Waals surface area contributed by atoms with Gasteiger partial charge in [0.05, 0.1) is 6.20 Å². The molecule has 3 rings (SSSR count). The van der Waals surface area contributed by atoms with Crippen molar-refractivity contribution in [3.8, 4) is 0 Å². The van der Waals surface area contributed by atoms with Crippen molar-refractivity contribution in [3.05, 3.63) is 95.8 Å². The van der Waals surface area contributed by atoms with E-state index >= 15 is 0 Å². The van der Waals surface area contributed by atoms with Crippen molar-refractivity contribution in [1.82, 2.24) is 4.98 Å². The molecule has 0 bridgehead atoms. The van der Waals surface area contributed by atoms with Crippen LogP contribution in [0.2, 0.25) is 0 Å². The van der Waals surface area contributed by atoms with Gasteiger partial charge < -0.3 is 0 Å². The highest BCUT2D eigenvalue weighted by molar-refractivity contribution is 5.21. The molecule has 0 aliphatic rings. The Morgan fingerprint density at radius 1 is 0.952 bits per heavy atom. The van der Waals surface area contributed by atoms with Crippen molar-refractivity contribution in [3.63, 3.8) is 0 Å². The molecule has 0 saturated carbocycles. The van der Waals surface area contributed by atoms with E-state index in [-0.39, 0.29) is 5.82 Å². The third-order valence-corrected chi connectivity index (χ3v) is 3.35. The molecular formula is C18H16FN2+. The van der Waals surface area contributed by atoms with E-state index in [0.717, 1.165) is 12.2 Å². The first-order valence-electron chi connectivity index (χ1n) is 6.92. The van der Waals surface area contributed by atoms with Gasteiger partial charge in [0, 0.05) is 12.0 Å². The smallest absolute Gasteiger partial charge is 0.191 e. The quantitative estimate of drug-likeness (QED) is 0.670. The van der Waals surface area contributed by atoms with E-state index in [0.29, 0.717) is 12.0 Å². The Balaban J connectivity index is 1.79. The molecule has 0 N–H and O–H groups in total. The molecule has 3 heteroatoms.